The van der Waals surface area contributed by atoms with Gasteiger partial charge in [-0.25, -0.2) is 9.37 Å². The molecule has 1 N–H and O–H groups in total. The van der Waals surface area contributed by atoms with Gasteiger partial charge in [-0.05, 0) is 55.3 Å². The standard InChI is InChI=1S/C13H20BrFN2OS/c1-5-9(15)12(17-19(18)13(2,3)4)10-7-6-8-11(14)16-10/h6-9,12,17H,5H2,1-4H3/t9-,12-,19?/m0/s1. The first kappa shape index (κ1) is 16.9. The number of pyridine rings is 1. The molecule has 0 radical (unpaired) electrons. The van der Waals surface area contributed by atoms with E-state index in [1.54, 1.807) is 25.1 Å². The highest BCUT2D eigenvalue weighted by molar-refractivity contribution is 9.10. The lowest BCUT2D eigenvalue weighted by Gasteiger charge is -2.29. The summed E-state index contributed by atoms with van der Waals surface area (Å²) in [7, 11) is 0. The zero-order valence-electron chi connectivity index (χ0n) is 11.6. The van der Waals surface area contributed by atoms with Crippen molar-refractivity contribution in [2.75, 3.05) is 0 Å². The number of nitrogens with zero attached hydrogens (tertiary/aromatic N) is 1. The number of nitrogens with one attached hydrogen (secondary N) is 1. The Morgan fingerprint density at radius 3 is 2.58 bits per heavy atom. The third kappa shape index (κ3) is 5.02. The molecular formula is C13H20BrFN2OS. The lowest BCUT2D eigenvalue weighted by Crippen LogP contribution is -2.44. The van der Waals surface area contributed by atoms with Crippen molar-refractivity contribution in [1.29, 1.82) is 0 Å². The number of alkyl halides is 1. The maximum absolute atomic E-state index is 14.1. The van der Waals surface area contributed by atoms with Gasteiger partial charge in [-0.15, -0.1) is 4.72 Å². The normalized spacial score (nSPS) is 17.0. The van der Waals surface area contributed by atoms with Gasteiger partial charge in [0.1, 0.15) is 21.6 Å². The molecule has 108 valence electrons. The number of hydrogen-bond donors (Lipinski definition) is 1. The Labute approximate surface area is 125 Å². The Morgan fingerprint density at radius 2 is 2.11 bits per heavy atom. The Hall–Kier alpha value is -0.170. The van der Waals surface area contributed by atoms with Crippen molar-refractivity contribution in [1.82, 2.24) is 9.71 Å². The average molecular weight is 351 g/mol. The minimum atomic E-state index is -1.34. The van der Waals surface area contributed by atoms with Gasteiger partial charge in [0.05, 0.1) is 5.69 Å². The summed E-state index contributed by atoms with van der Waals surface area (Å²) in [4.78, 5) is 4.26. The predicted molar refractivity (Wildman–Crippen MR) is 80.9 cm³/mol. The maximum Gasteiger partial charge on any atom is 0.136 e. The van der Waals surface area contributed by atoms with Crippen molar-refractivity contribution < 1.29 is 8.94 Å². The zero-order chi connectivity index (χ0) is 14.6. The van der Waals surface area contributed by atoms with Crippen LogP contribution in [0.4, 0.5) is 4.39 Å². The molecule has 1 heterocycles. The van der Waals surface area contributed by atoms with E-state index in [9.17, 15) is 8.94 Å². The van der Waals surface area contributed by atoms with Crippen molar-refractivity contribution in [3.63, 3.8) is 0 Å². The third-order valence-corrected chi connectivity index (χ3v) is 4.62. The second-order valence-corrected chi connectivity index (χ2v) is 8.10. The second-order valence-electron chi connectivity index (χ2n) is 5.29. The molecule has 1 aromatic heterocycles. The Bertz CT molecular complexity index is 414. The zero-order valence-corrected chi connectivity index (χ0v) is 14.0. The summed E-state index contributed by atoms with van der Waals surface area (Å²) in [6.07, 6.45) is -0.791. The fourth-order valence-electron chi connectivity index (χ4n) is 1.44. The van der Waals surface area contributed by atoms with Gasteiger partial charge >= 0.3 is 0 Å². The lowest BCUT2D eigenvalue weighted by atomic mass is 10.1. The minimum Gasteiger partial charge on any atom is -0.598 e. The predicted octanol–water partition coefficient (Wildman–Crippen LogP) is 3.69. The molecule has 0 bridgehead atoms. The summed E-state index contributed by atoms with van der Waals surface area (Å²) in [6.45, 7) is 7.30. The fraction of sp³-hybridized carbons (Fsp3) is 0.615. The summed E-state index contributed by atoms with van der Waals surface area (Å²) in [5, 5.41) is 0. The van der Waals surface area contributed by atoms with E-state index < -0.39 is 28.3 Å². The highest BCUT2D eigenvalue weighted by Gasteiger charge is 2.33. The van der Waals surface area contributed by atoms with Crippen molar-refractivity contribution in [2.24, 2.45) is 0 Å². The Morgan fingerprint density at radius 1 is 1.47 bits per heavy atom. The van der Waals surface area contributed by atoms with Gasteiger partial charge in [0.25, 0.3) is 0 Å². The molecule has 0 aliphatic carbocycles. The molecule has 0 fully saturated rings. The largest absolute Gasteiger partial charge is 0.598 e. The van der Waals surface area contributed by atoms with Crippen LogP contribution in [0.3, 0.4) is 0 Å². The van der Waals surface area contributed by atoms with E-state index in [1.807, 2.05) is 20.8 Å². The first-order chi connectivity index (χ1) is 8.75. The van der Waals surface area contributed by atoms with Crippen molar-refractivity contribution in [3.8, 4) is 0 Å². The van der Waals surface area contributed by atoms with Crippen LogP contribution in [-0.2, 0) is 11.4 Å². The molecule has 0 spiro atoms. The Balaban J connectivity index is 2.96. The second kappa shape index (κ2) is 7.02. The fourth-order valence-corrected chi connectivity index (χ4v) is 2.65. The topological polar surface area (TPSA) is 48.0 Å². The molecule has 0 saturated carbocycles. The lowest BCUT2D eigenvalue weighted by molar-refractivity contribution is 0.259. The molecular weight excluding hydrogens is 331 g/mol. The van der Waals surface area contributed by atoms with Crippen LogP contribution in [0.25, 0.3) is 0 Å². The molecule has 19 heavy (non-hydrogen) atoms. The molecule has 1 rings (SSSR count). The van der Waals surface area contributed by atoms with Gasteiger partial charge in [0, 0.05) is 11.4 Å². The summed E-state index contributed by atoms with van der Waals surface area (Å²) in [5.74, 6) is 0. The molecule has 3 atom stereocenters. The quantitative estimate of drug-likeness (QED) is 0.650. The van der Waals surface area contributed by atoms with Crippen LogP contribution < -0.4 is 4.72 Å². The number of hydrogen-bond acceptors (Lipinski definition) is 3. The van der Waals surface area contributed by atoms with E-state index in [1.165, 1.54) is 0 Å². The molecule has 0 amide bonds. The molecule has 0 aliphatic heterocycles. The molecule has 3 nitrogen and oxygen atoms in total. The van der Waals surface area contributed by atoms with Gasteiger partial charge in [-0.1, -0.05) is 13.0 Å². The van der Waals surface area contributed by atoms with Gasteiger partial charge < -0.3 is 4.55 Å². The van der Waals surface area contributed by atoms with Crippen LogP contribution in [-0.4, -0.2) is 20.5 Å². The maximum atomic E-state index is 14.1. The van der Waals surface area contributed by atoms with E-state index in [0.717, 1.165) is 0 Å². The molecule has 0 aromatic carbocycles. The molecule has 0 saturated heterocycles. The minimum absolute atomic E-state index is 0.340. The first-order valence-corrected chi connectivity index (χ1v) is 8.14. The van der Waals surface area contributed by atoms with E-state index in [2.05, 4.69) is 25.6 Å². The van der Waals surface area contributed by atoms with Crippen LogP contribution >= 0.6 is 15.9 Å². The van der Waals surface area contributed by atoms with Crippen molar-refractivity contribution in [3.05, 3.63) is 28.5 Å². The molecule has 6 heteroatoms. The SMILES string of the molecule is CC[C@H](F)[C@H](N[S+]([O-])C(C)(C)C)c1cccc(Br)n1. The van der Waals surface area contributed by atoms with Crippen LogP contribution in [0.5, 0.6) is 0 Å². The highest BCUT2D eigenvalue weighted by atomic mass is 79.9. The Kier molecular flexibility index (Phi) is 6.23. The van der Waals surface area contributed by atoms with Gasteiger partial charge in [-0.2, -0.15) is 0 Å². The number of rotatable bonds is 5. The van der Waals surface area contributed by atoms with Crippen LogP contribution in [0, 0.1) is 0 Å². The summed E-state index contributed by atoms with van der Waals surface area (Å²) in [5.41, 5.74) is 0.557. The molecule has 1 aromatic rings. The van der Waals surface area contributed by atoms with Crippen molar-refractivity contribution in [2.45, 2.75) is 51.1 Å². The van der Waals surface area contributed by atoms with E-state index >= 15 is 0 Å². The van der Waals surface area contributed by atoms with Crippen molar-refractivity contribution >= 4 is 27.3 Å². The van der Waals surface area contributed by atoms with Crippen LogP contribution in [0.2, 0.25) is 0 Å². The van der Waals surface area contributed by atoms with E-state index in [0.29, 0.717) is 16.7 Å². The van der Waals surface area contributed by atoms with Gasteiger partial charge in [-0.3, -0.25) is 0 Å². The molecule has 0 aliphatic rings. The highest BCUT2D eigenvalue weighted by Crippen LogP contribution is 2.25. The van der Waals surface area contributed by atoms with Gasteiger partial charge in [0.2, 0.25) is 0 Å². The number of aromatic nitrogens is 1. The average Bonchev–Trinajstić information content (AvgIpc) is 2.33. The van der Waals surface area contributed by atoms with Crippen LogP contribution in [0.15, 0.2) is 22.8 Å². The monoisotopic (exact) mass is 350 g/mol. The van der Waals surface area contributed by atoms with E-state index in [-0.39, 0.29) is 0 Å². The summed E-state index contributed by atoms with van der Waals surface area (Å²) >= 11 is 1.93. The number of halogens is 2. The smallest absolute Gasteiger partial charge is 0.136 e. The third-order valence-electron chi connectivity index (χ3n) is 2.60. The molecule has 1 unspecified atom stereocenters. The van der Waals surface area contributed by atoms with Gasteiger partial charge in [0.15, 0.2) is 0 Å². The van der Waals surface area contributed by atoms with E-state index in [4.69, 9.17) is 0 Å². The summed E-state index contributed by atoms with van der Waals surface area (Å²) in [6, 6.07) is 4.65. The van der Waals surface area contributed by atoms with Crippen LogP contribution in [0.1, 0.15) is 45.9 Å². The summed E-state index contributed by atoms with van der Waals surface area (Å²) < 4.78 is 29.3. The first-order valence-electron chi connectivity index (χ1n) is 6.20.